The first-order valence-electron chi connectivity index (χ1n) is 11.4. The molecular weight excluding hydrogens is 472 g/mol. The van der Waals surface area contributed by atoms with Crippen molar-refractivity contribution in [1.29, 1.82) is 0 Å². The zero-order valence-electron chi connectivity index (χ0n) is 21.0. The maximum Gasteiger partial charge on any atom is 0.416 e. The lowest BCUT2D eigenvalue weighted by Gasteiger charge is -2.30. The summed E-state index contributed by atoms with van der Waals surface area (Å²) in [6, 6.07) is 9.64. The number of carbonyl (C=O) groups is 1. The van der Waals surface area contributed by atoms with Gasteiger partial charge in [-0.25, -0.2) is 9.37 Å². The summed E-state index contributed by atoms with van der Waals surface area (Å²) in [4.78, 5) is 17.4. The Labute approximate surface area is 206 Å². The van der Waals surface area contributed by atoms with Crippen molar-refractivity contribution in [1.82, 2.24) is 19.4 Å². The minimum absolute atomic E-state index is 0.0652. The van der Waals surface area contributed by atoms with Crippen LogP contribution in [0, 0.1) is 5.82 Å². The van der Waals surface area contributed by atoms with Gasteiger partial charge in [0, 0.05) is 29.7 Å². The number of hydrogen-bond acceptors (Lipinski definition) is 2. The topological polar surface area (TPSA) is 51.9 Å². The van der Waals surface area contributed by atoms with E-state index in [0.717, 1.165) is 17.7 Å². The minimum Gasteiger partial charge on any atom is -0.351 e. The molecule has 4 aromatic rings. The monoisotopic (exact) mass is 500 g/mol. The van der Waals surface area contributed by atoms with E-state index in [9.17, 15) is 22.4 Å². The number of amides is 1. The number of nitrogens with one attached hydrogen (secondary N) is 1. The van der Waals surface area contributed by atoms with Crippen molar-refractivity contribution in [2.24, 2.45) is 7.05 Å². The molecule has 9 heteroatoms. The predicted octanol–water partition coefficient (Wildman–Crippen LogP) is 6.38. The van der Waals surface area contributed by atoms with Crippen LogP contribution in [0.25, 0.3) is 28.0 Å². The van der Waals surface area contributed by atoms with E-state index in [1.165, 1.54) is 0 Å². The second-order valence-corrected chi connectivity index (χ2v) is 10.6. The van der Waals surface area contributed by atoms with Crippen molar-refractivity contribution in [3.05, 3.63) is 71.9 Å². The summed E-state index contributed by atoms with van der Waals surface area (Å²) >= 11 is 0. The molecule has 0 aliphatic heterocycles. The van der Waals surface area contributed by atoms with Gasteiger partial charge in [-0.05, 0) is 76.6 Å². The molecule has 0 saturated heterocycles. The highest BCUT2D eigenvalue weighted by atomic mass is 19.4. The molecule has 0 fully saturated rings. The first-order valence-corrected chi connectivity index (χ1v) is 11.4. The van der Waals surface area contributed by atoms with Crippen LogP contribution in [0.15, 0.2) is 55.0 Å². The molecule has 0 radical (unpaired) electrons. The van der Waals surface area contributed by atoms with Crippen molar-refractivity contribution in [2.75, 3.05) is 0 Å². The van der Waals surface area contributed by atoms with Crippen LogP contribution in [-0.4, -0.2) is 25.6 Å². The smallest absolute Gasteiger partial charge is 0.351 e. The molecule has 0 saturated carbocycles. The SMILES string of the molecule is Cn1cnc(-n2c(-c3cc(F)cc(C(F)(F)F)c3)cc3cc(C(C)(C)C(=O)NC(C)(C)C)ccc32)c1. The van der Waals surface area contributed by atoms with Crippen LogP contribution in [0.3, 0.4) is 0 Å². The van der Waals surface area contributed by atoms with Crippen molar-refractivity contribution >= 4 is 16.8 Å². The summed E-state index contributed by atoms with van der Waals surface area (Å²) in [6.07, 6.45) is -1.40. The summed E-state index contributed by atoms with van der Waals surface area (Å²) in [5.74, 6) is -0.671. The molecule has 0 aliphatic rings. The van der Waals surface area contributed by atoms with Gasteiger partial charge in [-0.1, -0.05) is 6.07 Å². The number of nitrogens with zero attached hydrogens (tertiary/aromatic N) is 3. The standard InChI is InChI=1S/C27H28F4N4O/c1-25(2,3)33-24(36)26(4,5)18-7-8-21-17(9-18)12-22(35(21)23-14-34(6)15-32-23)16-10-19(27(29,30)31)13-20(28)11-16/h7-15H,1-6H3,(H,33,36). The molecule has 4 rings (SSSR count). The molecule has 0 atom stereocenters. The molecule has 0 unspecified atom stereocenters. The number of carbonyl (C=O) groups excluding carboxylic acids is 1. The van der Waals surface area contributed by atoms with Gasteiger partial charge in [-0.2, -0.15) is 13.2 Å². The molecule has 190 valence electrons. The van der Waals surface area contributed by atoms with Gasteiger partial charge in [0.15, 0.2) is 5.82 Å². The summed E-state index contributed by atoms with van der Waals surface area (Å²) in [6.45, 7) is 9.33. The normalized spacial score (nSPS) is 12.8. The molecule has 1 N–H and O–H groups in total. The highest BCUT2D eigenvalue weighted by Gasteiger charge is 2.34. The molecule has 0 bridgehead atoms. The molecule has 0 aliphatic carbocycles. The van der Waals surface area contributed by atoms with Gasteiger partial charge in [0.1, 0.15) is 5.82 Å². The molecule has 2 aromatic carbocycles. The lowest BCUT2D eigenvalue weighted by molar-refractivity contribution is -0.137. The minimum atomic E-state index is -4.70. The lowest BCUT2D eigenvalue weighted by Crippen LogP contribution is -2.48. The zero-order valence-corrected chi connectivity index (χ0v) is 21.0. The molecule has 2 heterocycles. The van der Waals surface area contributed by atoms with Crippen LogP contribution in [0.1, 0.15) is 45.7 Å². The Morgan fingerprint density at radius 3 is 2.22 bits per heavy atom. The van der Waals surface area contributed by atoms with Gasteiger partial charge >= 0.3 is 6.18 Å². The number of rotatable bonds is 4. The Hall–Kier alpha value is -3.62. The van der Waals surface area contributed by atoms with Crippen molar-refractivity contribution in [3.63, 3.8) is 0 Å². The summed E-state index contributed by atoms with van der Waals surface area (Å²) in [7, 11) is 1.78. The van der Waals surface area contributed by atoms with Gasteiger partial charge in [-0.15, -0.1) is 0 Å². The van der Waals surface area contributed by atoms with Gasteiger partial charge < -0.3 is 9.88 Å². The third kappa shape index (κ3) is 4.87. The second kappa shape index (κ2) is 8.50. The van der Waals surface area contributed by atoms with E-state index >= 15 is 0 Å². The van der Waals surface area contributed by atoms with Crippen LogP contribution in [-0.2, 0) is 23.4 Å². The first-order chi connectivity index (χ1) is 16.6. The Balaban J connectivity index is 1.93. The van der Waals surface area contributed by atoms with E-state index < -0.39 is 28.5 Å². The fourth-order valence-corrected chi connectivity index (χ4v) is 4.11. The number of benzene rings is 2. The first kappa shape index (κ1) is 25.5. The second-order valence-electron chi connectivity index (χ2n) is 10.6. The van der Waals surface area contributed by atoms with Crippen LogP contribution < -0.4 is 5.32 Å². The Kier molecular flexibility index (Phi) is 6.01. The predicted molar refractivity (Wildman–Crippen MR) is 131 cm³/mol. The van der Waals surface area contributed by atoms with Crippen LogP contribution >= 0.6 is 0 Å². The van der Waals surface area contributed by atoms with Crippen molar-refractivity contribution in [2.45, 2.75) is 51.7 Å². The number of aryl methyl sites for hydroxylation is 1. The summed E-state index contributed by atoms with van der Waals surface area (Å²) in [5.41, 5.74) is -0.554. The highest BCUT2D eigenvalue weighted by Crippen LogP contribution is 2.37. The average molecular weight is 501 g/mol. The van der Waals surface area contributed by atoms with E-state index in [1.807, 2.05) is 46.8 Å². The van der Waals surface area contributed by atoms with Gasteiger partial charge in [0.25, 0.3) is 0 Å². The Bertz CT molecular complexity index is 1450. The van der Waals surface area contributed by atoms with E-state index in [1.54, 1.807) is 40.8 Å². The molecule has 0 spiro atoms. The lowest BCUT2D eigenvalue weighted by atomic mass is 9.82. The number of imidazole rings is 1. The fourth-order valence-electron chi connectivity index (χ4n) is 4.11. The quantitative estimate of drug-likeness (QED) is 0.331. The van der Waals surface area contributed by atoms with Crippen molar-refractivity contribution in [3.8, 4) is 17.1 Å². The van der Waals surface area contributed by atoms with Crippen LogP contribution in [0.5, 0.6) is 0 Å². The maximum atomic E-state index is 14.3. The number of alkyl halides is 3. The highest BCUT2D eigenvalue weighted by molar-refractivity contribution is 5.93. The zero-order chi connectivity index (χ0) is 26.6. The Morgan fingerprint density at radius 1 is 0.944 bits per heavy atom. The number of halogens is 4. The summed E-state index contributed by atoms with van der Waals surface area (Å²) < 4.78 is 58.0. The van der Waals surface area contributed by atoms with Crippen LogP contribution in [0.2, 0.25) is 0 Å². The summed E-state index contributed by atoms with van der Waals surface area (Å²) in [5, 5.41) is 3.68. The molecule has 1 amide bonds. The third-order valence-electron chi connectivity index (χ3n) is 6.02. The van der Waals surface area contributed by atoms with Gasteiger partial charge in [0.2, 0.25) is 5.91 Å². The van der Waals surface area contributed by atoms with Gasteiger partial charge in [0.05, 0.1) is 28.5 Å². The van der Waals surface area contributed by atoms with E-state index in [4.69, 9.17) is 0 Å². The number of aromatic nitrogens is 3. The fraction of sp³-hybridized carbons (Fsp3) is 0.333. The largest absolute Gasteiger partial charge is 0.416 e. The Morgan fingerprint density at radius 2 is 1.64 bits per heavy atom. The number of hydrogen-bond donors (Lipinski definition) is 1. The molecule has 2 aromatic heterocycles. The van der Waals surface area contributed by atoms with E-state index in [-0.39, 0.29) is 11.5 Å². The number of fused-ring (bicyclic) bond motifs is 1. The average Bonchev–Trinajstić information content (AvgIpc) is 3.34. The third-order valence-corrected chi connectivity index (χ3v) is 6.02. The van der Waals surface area contributed by atoms with E-state index in [0.29, 0.717) is 28.5 Å². The molecule has 36 heavy (non-hydrogen) atoms. The maximum absolute atomic E-state index is 14.3. The molecular formula is C27H28F4N4O. The van der Waals surface area contributed by atoms with E-state index in [2.05, 4.69) is 10.3 Å². The van der Waals surface area contributed by atoms with Gasteiger partial charge in [-0.3, -0.25) is 9.36 Å². The van der Waals surface area contributed by atoms with Crippen molar-refractivity contribution < 1.29 is 22.4 Å². The van der Waals surface area contributed by atoms with Crippen LogP contribution in [0.4, 0.5) is 17.6 Å². The molecule has 5 nitrogen and oxygen atoms in total.